The topological polar surface area (TPSA) is 71.4 Å². The average Bonchev–Trinajstić information content (AvgIpc) is 3.55. The van der Waals surface area contributed by atoms with Crippen molar-refractivity contribution < 1.29 is 32.2 Å². The Hall–Kier alpha value is -2.46. The summed E-state index contributed by atoms with van der Waals surface area (Å²) in [6.07, 6.45) is 2.42. The van der Waals surface area contributed by atoms with E-state index in [0.717, 1.165) is 19.1 Å². The zero-order chi connectivity index (χ0) is 23.4. The molecule has 1 aliphatic heterocycles. The molecule has 32 heavy (non-hydrogen) atoms. The molecule has 0 bridgehead atoms. The van der Waals surface area contributed by atoms with Crippen molar-refractivity contribution in [2.75, 3.05) is 51.8 Å². The van der Waals surface area contributed by atoms with Crippen LogP contribution in [0.4, 0.5) is 18.9 Å². The molecule has 0 aromatic heterocycles. The van der Waals surface area contributed by atoms with Crippen molar-refractivity contribution in [2.24, 2.45) is 10.9 Å². The molecule has 7 nitrogen and oxygen atoms in total. The average molecular weight is 455 g/mol. The second-order valence-corrected chi connectivity index (χ2v) is 8.21. The quantitative estimate of drug-likeness (QED) is 0.187. The molecule has 176 valence electrons. The zero-order valence-corrected chi connectivity index (χ0v) is 18.4. The Balaban J connectivity index is 1.89. The first-order valence-corrected chi connectivity index (χ1v) is 10.7. The van der Waals surface area contributed by atoms with Crippen molar-refractivity contribution in [2.45, 2.75) is 31.9 Å². The van der Waals surface area contributed by atoms with Crippen LogP contribution in [-0.4, -0.2) is 82.0 Å². The highest BCUT2D eigenvalue weighted by molar-refractivity contribution is 6.18. The Kier molecular flexibility index (Phi) is 7.89. The number of anilines is 1. The molecule has 0 N–H and O–H groups in total. The van der Waals surface area contributed by atoms with Crippen molar-refractivity contribution in [3.05, 3.63) is 29.1 Å². The summed E-state index contributed by atoms with van der Waals surface area (Å²) in [5.74, 6) is -7.66. The van der Waals surface area contributed by atoms with Gasteiger partial charge in [0.05, 0.1) is 24.9 Å². The van der Waals surface area contributed by atoms with E-state index in [1.807, 2.05) is 19.0 Å². The van der Waals surface area contributed by atoms with E-state index in [0.29, 0.717) is 12.6 Å². The Bertz CT molecular complexity index is 890. The number of Topliss-reactive ketones (excluding diaryl/α,β-unsaturated/α-hetero) is 1. The van der Waals surface area contributed by atoms with Gasteiger partial charge in [-0.25, -0.2) is 13.2 Å². The highest BCUT2D eigenvalue weighted by Crippen LogP contribution is 2.31. The molecule has 2 aliphatic rings. The van der Waals surface area contributed by atoms with Crippen molar-refractivity contribution in [1.29, 1.82) is 0 Å². The first kappa shape index (κ1) is 24.2. The third-order valence-electron chi connectivity index (χ3n) is 5.24. The maximum absolute atomic E-state index is 15.0. The van der Waals surface area contributed by atoms with Crippen LogP contribution in [-0.2, 0) is 14.3 Å². The molecular formula is C22H28F3N3O4. The number of morpholine rings is 1. The first-order chi connectivity index (χ1) is 15.2. The van der Waals surface area contributed by atoms with Gasteiger partial charge in [-0.1, -0.05) is 0 Å². The third-order valence-corrected chi connectivity index (χ3v) is 5.24. The molecule has 2 atom stereocenters. The summed E-state index contributed by atoms with van der Waals surface area (Å²) >= 11 is 0. The van der Waals surface area contributed by atoms with E-state index < -0.39 is 46.4 Å². The fourth-order valence-electron chi connectivity index (χ4n) is 3.56. The minimum Gasteiger partial charge on any atom is -0.465 e. The summed E-state index contributed by atoms with van der Waals surface area (Å²) < 4.78 is 55.4. The summed E-state index contributed by atoms with van der Waals surface area (Å²) in [4.78, 5) is 32.5. The molecule has 3 rings (SSSR count). The Morgan fingerprint density at radius 3 is 2.66 bits per heavy atom. The van der Waals surface area contributed by atoms with Crippen LogP contribution in [0.3, 0.4) is 0 Å². The molecule has 1 saturated carbocycles. The molecule has 10 heteroatoms. The van der Waals surface area contributed by atoms with E-state index >= 15 is 0 Å². The van der Waals surface area contributed by atoms with Gasteiger partial charge < -0.3 is 19.3 Å². The fraction of sp³-hybridized carbons (Fsp3) is 0.591. The number of carbonyl (C=O) groups is 2. The van der Waals surface area contributed by atoms with E-state index in [4.69, 9.17) is 9.47 Å². The third kappa shape index (κ3) is 5.66. The standard InChI is InChI=1S/C22H28F3N3O4/c1-4-31-22(30)16(10-26-13-5-6-13)21(29)15-9-17(23)20(19(25)18(15)24)28-7-8-32-14(12-28)11-27(2)3/h9-10,13-14,16H,4-8,11-12H2,1-3H3. The highest BCUT2D eigenvalue weighted by atomic mass is 19.2. The second-order valence-electron chi connectivity index (χ2n) is 8.21. The molecular weight excluding hydrogens is 427 g/mol. The Morgan fingerprint density at radius 1 is 1.31 bits per heavy atom. The van der Waals surface area contributed by atoms with Gasteiger partial charge in [0.2, 0.25) is 0 Å². The molecule has 1 heterocycles. The van der Waals surface area contributed by atoms with Gasteiger partial charge in [-0.3, -0.25) is 14.6 Å². The number of ketones is 1. The van der Waals surface area contributed by atoms with Crippen LogP contribution in [0.25, 0.3) is 0 Å². The SMILES string of the molecule is CCOC(=O)C(C=NC1CC1)C(=O)c1cc(F)c(N2CCOC(CN(C)C)C2)c(F)c1F. The van der Waals surface area contributed by atoms with E-state index in [-0.39, 0.29) is 38.4 Å². The number of halogens is 3. The number of nitrogens with zero attached hydrogens (tertiary/aromatic N) is 3. The van der Waals surface area contributed by atoms with Crippen LogP contribution in [0.2, 0.25) is 0 Å². The molecule has 0 amide bonds. The van der Waals surface area contributed by atoms with Crippen molar-refractivity contribution in [3.63, 3.8) is 0 Å². The van der Waals surface area contributed by atoms with Crippen molar-refractivity contribution in [3.8, 4) is 0 Å². The number of carbonyl (C=O) groups excluding carboxylic acids is 2. The summed E-state index contributed by atoms with van der Waals surface area (Å²) in [6, 6.07) is 0.640. The van der Waals surface area contributed by atoms with Gasteiger partial charge in [0.25, 0.3) is 0 Å². The van der Waals surface area contributed by atoms with Gasteiger partial charge in [0.15, 0.2) is 23.3 Å². The number of esters is 1. The molecule has 0 spiro atoms. The number of hydrogen-bond acceptors (Lipinski definition) is 7. The first-order valence-electron chi connectivity index (χ1n) is 10.7. The lowest BCUT2D eigenvalue weighted by molar-refractivity contribution is -0.143. The van der Waals surface area contributed by atoms with Gasteiger partial charge in [0, 0.05) is 31.9 Å². The lowest BCUT2D eigenvalue weighted by Crippen LogP contribution is -2.47. The van der Waals surface area contributed by atoms with Gasteiger partial charge in [-0.05, 0) is 39.9 Å². The Morgan fingerprint density at radius 2 is 2.03 bits per heavy atom. The van der Waals surface area contributed by atoms with Crippen LogP contribution >= 0.6 is 0 Å². The van der Waals surface area contributed by atoms with Crippen LogP contribution in [0.5, 0.6) is 0 Å². The predicted octanol–water partition coefficient (Wildman–Crippen LogP) is 2.47. The monoisotopic (exact) mass is 455 g/mol. The molecule has 1 aromatic carbocycles. The predicted molar refractivity (Wildman–Crippen MR) is 113 cm³/mol. The smallest absolute Gasteiger partial charge is 0.322 e. The van der Waals surface area contributed by atoms with Gasteiger partial charge in [-0.15, -0.1) is 0 Å². The Labute approximate surface area is 185 Å². The number of likely N-dealkylation sites (N-methyl/N-ethyl adjacent to an activating group) is 1. The van der Waals surface area contributed by atoms with E-state index in [1.165, 1.54) is 4.90 Å². The van der Waals surface area contributed by atoms with Gasteiger partial charge in [0.1, 0.15) is 11.5 Å². The summed E-state index contributed by atoms with van der Waals surface area (Å²) in [5.41, 5.74) is -1.40. The second kappa shape index (κ2) is 10.4. The maximum Gasteiger partial charge on any atom is 0.322 e. The number of benzene rings is 1. The van der Waals surface area contributed by atoms with Gasteiger partial charge >= 0.3 is 5.97 Å². The van der Waals surface area contributed by atoms with Gasteiger partial charge in [-0.2, -0.15) is 0 Å². The van der Waals surface area contributed by atoms with Crippen LogP contribution in [0.1, 0.15) is 30.1 Å². The lowest BCUT2D eigenvalue weighted by atomic mass is 9.97. The maximum atomic E-state index is 15.0. The fourth-order valence-corrected chi connectivity index (χ4v) is 3.56. The van der Waals surface area contributed by atoms with Crippen molar-refractivity contribution >= 4 is 23.7 Å². The summed E-state index contributed by atoms with van der Waals surface area (Å²) in [5, 5.41) is 0. The molecule has 1 aromatic rings. The molecule has 1 aliphatic carbocycles. The van der Waals surface area contributed by atoms with Crippen LogP contribution in [0, 0.1) is 23.4 Å². The minimum atomic E-state index is -1.57. The molecule has 0 radical (unpaired) electrons. The van der Waals surface area contributed by atoms with Crippen molar-refractivity contribution in [1.82, 2.24) is 4.90 Å². The minimum absolute atomic E-state index is 0.00291. The normalized spacial score (nSPS) is 20.1. The lowest BCUT2D eigenvalue weighted by Gasteiger charge is -2.36. The van der Waals surface area contributed by atoms with Crippen LogP contribution < -0.4 is 4.90 Å². The zero-order valence-electron chi connectivity index (χ0n) is 18.4. The highest BCUT2D eigenvalue weighted by Gasteiger charge is 2.35. The number of hydrogen-bond donors (Lipinski definition) is 0. The summed E-state index contributed by atoms with van der Waals surface area (Å²) in [7, 11) is 3.69. The molecule has 1 saturated heterocycles. The number of ether oxygens (including phenoxy) is 2. The van der Waals surface area contributed by atoms with E-state index in [1.54, 1.807) is 6.92 Å². The van der Waals surface area contributed by atoms with E-state index in [2.05, 4.69) is 4.99 Å². The summed E-state index contributed by atoms with van der Waals surface area (Å²) in [6.45, 7) is 2.64. The molecule has 2 unspecified atom stereocenters. The number of aliphatic imine (C=N–C) groups is 1. The molecule has 2 fully saturated rings. The number of rotatable bonds is 9. The largest absolute Gasteiger partial charge is 0.465 e. The van der Waals surface area contributed by atoms with E-state index in [9.17, 15) is 22.8 Å². The van der Waals surface area contributed by atoms with Crippen LogP contribution in [0.15, 0.2) is 11.1 Å².